The van der Waals surface area contributed by atoms with Crippen molar-refractivity contribution < 1.29 is 17.9 Å². The molecule has 1 fully saturated rings. The molecule has 2 rings (SSSR count). The second-order valence-electron chi connectivity index (χ2n) is 5.34. The molecule has 1 saturated heterocycles. The Morgan fingerprint density at radius 1 is 1.46 bits per heavy atom. The summed E-state index contributed by atoms with van der Waals surface area (Å²) < 4.78 is 31.5. The Kier molecular flexibility index (Phi) is 6.09. The molecule has 0 spiro atoms. The summed E-state index contributed by atoms with van der Waals surface area (Å²) in [5.41, 5.74) is 9.26. The number of carbonyl (C=O) groups excluding carboxylic acids is 1. The maximum Gasteiger partial charge on any atom is 0.424 e. The molecule has 2 atom stereocenters. The molecule has 1 aliphatic rings. The third-order valence-electron chi connectivity index (χ3n) is 3.68. The van der Waals surface area contributed by atoms with Crippen molar-refractivity contribution in [2.24, 2.45) is 5.11 Å². The van der Waals surface area contributed by atoms with E-state index in [0.29, 0.717) is 12.8 Å². The van der Waals surface area contributed by atoms with Crippen LogP contribution < -0.4 is 0 Å². The number of azide groups is 1. The first-order valence-corrected chi connectivity index (χ1v) is 9.66. The number of carbonyl (C=O) groups is 1. The maximum absolute atomic E-state index is 12.9. The van der Waals surface area contributed by atoms with Gasteiger partial charge in [0.15, 0.2) is 0 Å². The van der Waals surface area contributed by atoms with Crippen LogP contribution in [0.5, 0.6) is 0 Å². The van der Waals surface area contributed by atoms with Gasteiger partial charge in [-0.1, -0.05) is 38.7 Å². The molecule has 10 heteroatoms. The molecule has 1 aromatic rings. The van der Waals surface area contributed by atoms with Gasteiger partial charge in [-0.15, -0.1) is 0 Å². The lowest BCUT2D eigenvalue weighted by Gasteiger charge is -2.36. The van der Waals surface area contributed by atoms with Crippen molar-refractivity contribution in [1.82, 2.24) is 4.31 Å². The Morgan fingerprint density at radius 2 is 2.12 bits per heavy atom. The molecular formula is C14H17BrN4O4S. The van der Waals surface area contributed by atoms with Crippen LogP contribution in [0, 0.1) is 6.92 Å². The van der Waals surface area contributed by atoms with Crippen molar-refractivity contribution in [3.8, 4) is 0 Å². The van der Waals surface area contributed by atoms with Crippen molar-refractivity contribution in [2.45, 2.75) is 35.5 Å². The number of cyclic esters (lactones) is 1. The molecule has 24 heavy (non-hydrogen) atoms. The number of halogens is 1. The summed E-state index contributed by atoms with van der Waals surface area (Å²) in [4.78, 5) is 14.5. The zero-order valence-electron chi connectivity index (χ0n) is 13.0. The molecule has 0 N–H and O–H groups in total. The molecule has 0 radical (unpaired) electrons. The first-order valence-electron chi connectivity index (χ1n) is 7.30. The second kappa shape index (κ2) is 7.87. The molecule has 8 nitrogen and oxygen atoms in total. The average molecular weight is 417 g/mol. The predicted molar refractivity (Wildman–Crippen MR) is 91.3 cm³/mol. The van der Waals surface area contributed by atoms with Crippen molar-refractivity contribution in [2.75, 3.05) is 13.2 Å². The van der Waals surface area contributed by atoms with Crippen LogP contribution in [-0.4, -0.2) is 42.8 Å². The van der Waals surface area contributed by atoms with Crippen LogP contribution in [0.3, 0.4) is 0 Å². The lowest BCUT2D eigenvalue weighted by molar-refractivity contribution is 0.0784. The second-order valence-corrected chi connectivity index (χ2v) is 8.33. The van der Waals surface area contributed by atoms with E-state index in [1.54, 1.807) is 12.1 Å². The summed E-state index contributed by atoms with van der Waals surface area (Å²) in [5.74, 6) is 0. The van der Waals surface area contributed by atoms with E-state index in [9.17, 15) is 13.2 Å². The van der Waals surface area contributed by atoms with Gasteiger partial charge in [-0.3, -0.25) is 0 Å². The Hall–Kier alpha value is -1.77. The number of aryl methyl sites for hydroxylation is 1. The Bertz CT molecular complexity index is 747. The van der Waals surface area contributed by atoms with E-state index >= 15 is 0 Å². The number of rotatable bonds is 6. The van der Waals surface area contributed by atoms with Gasteiger partial charge in [-0.2, -0.15) is 4.31 Å². The fraction of sp³-hybridized carbons (Fsp3) is 0.500. The lowest BCUT2D eigenvalue weighted by Crippen LogP contribution is -2.52. The van der Waals surface area contributed by atoms with Gasteiger partial charge in [-0.05, 0) is 31.0 Å². The molecule has 0 bridgehead atoms. The number of ether oxygens (including phenoxy) is 1. The van der Waals surface area contributed by atoms with E-state index in [4.69, 9.17) is 10.3 Å². The van der Waals surface area contributed by atoms with E-state index in [1.807, 2.05) is 6.92 Å². The van der Waals surface area contributed by atoms with Crippen molar-refractivity contribution in [3.05, 3.63) is 40.3 Å². The number of hydrogen-bond acceptors (Lipinski definition) is 5. The Morgan fingerprint density at radius 3 is 2.75 bits per heavy atom. The predicted octanol–water partition coefficient (Wildman–Crippen LogP) is 3.36. The van der Waals surface area contributed by atoms with E-state index in [2.05, 4.69) is 26.0 Å². The maximum atomic E-state index is 12.9. The number of benzene rings is 1. The number of hydrogen-bond donors (Lipinski definition) is 0. The minimum Gasteiger partial charge on any atom is -0.449 e. The standard InChI is InChI=1S/C14H17BrN4O4S/c1-10-2-4-11(5-3-10)24(21,22)19-13(7-9-23-14(19)20)12(15)6-8-17-18-16/h2-5,12-13H,6-9H2,1H3/t12-,13+/m0/s1. The fourth-order valence-corrected chi connectivity index (χ4v) is 4.86. The van der Waals surface area contributed by atoms with Gasteiger partial charge in [0.05, 0.1) is 17.5 Å². The smallest absolute Gasteiger partial charge is 0.424 e. The summed E-state index contributed by atoms with van der Waals surface area (Å²) >= 11 is 3.42. The number of nitrogens with zero attached hydrogens (tertiary/aromatic N) is 4. The highest BCUT2D eigenvalue weighted by Gasteiger charge is 2.42. The fourth-order valence-electron chi connectivity index (χ4n) is 2.43. The molecular weight excluding hydrogens is 400 g/mol. The monoisotopic (exact) mass is 416 g/mol. The third-order valence-corrected chi connectivity index (χ3v) is 6.56. The zero-order chi connectivity index (χ0) is 17.7. The highest BCUT2D eigenvalue weighted by atomic mass is 79.9. The summed E-state index contributed by atoms with van der Waals surface area (Å²) in [5, 5.41) is 3.45. The number of alkyl halides is 1. The van der Waals surface area contributed by atoms with Gasteiger partial charge in [-0.25, -0.2) is 13.2 Å². The molecule has 0 aromatic heterocycles. The van der Waals surface area contributed by atoms with Crippen LogP contribution in [0.1, 0.15) is 18.4 Å². The van der Waals surface area contributed by atoms with Crippen molar-refractivity contribution >= 4 is 32.0 Å². The normalized spacial score (nSPS) is 19.3. The van der Waals surface area contributed by atoms with Crippen LogP contribution in [0.4, 0.5) is 4.79 Å². The van der Waals surface area contributed by atoms with Gasteiger partial charge >= 0.3 is 6.09 Å². The summed E-state index contributed by atoms with van der Waals surface area (Å²) in [6.07, 6.45) is -0.120. The van der Waals surface area contributed by atoms with Gasteiger partial charge in [0.1, 0.15) is 0 Å². The van der Waals surface area contributed by atoms with Crippen LogP contribution in [0.15, 0.2) is 34.3 Å². The molecule has 1 aromatic carbocycles. The number of amides is 1. The average Bonchev–Trinajstić information content (AvgIpc) is 2.55. The number of sulfonamides is 1. The van der Waals surface area contributed by atoms with E-state index in [-0.39, 0.29) is 22.9 Å². The quantitative estimate of drug-likeness (QED) is 0.306. The summed E-state index contributed by atoms with van der Waals surface area (Å²) in [6, 6.07) is 5.67. The Labute approximate surface area is 148 Å². The van der Waals surface area contributed by atoms with Gasteiger partial charge in [0.2, 0.25) is 0 Å². The van der Waals surface area contributed by atoms with Crippen LogP contribution in [0.25, 0.3) is 10.4 Å². The molecule has 130 valence electrons. The van der Waals surface area contributed by atoms with E-state index < -0.39 is 22.2 Å². The minimum atomic E-state index is -4.03. The van der Waals surface area contributed by atoms with E-state index in [0.717, 1.165) is 9.87 Å². The molecule has 1 heterocycles. The third kappa shape index (κ3) is 4.00. The SMILES string of the molecule is Cc1ccc(S(=O)(=O)N2C(=O)OCC[C@@H]2[C@@H](Br)CCN=[N+]=[N-])cc1. The minimum absolute atomic E-state index is 0.0340. The van der Waals surface area contributed by atoms with Gasteiger partial charge in [0, 0.05) is 22.7 Å². The summed E-state index contributed by atoms with van der Waals surface area (Å²) in [6.45, 7) is 2.20. The molecule has 0 saturated carbocycles. The topological polar surface area (TPSA) is 112 Å². The molecule has 1 amide bonds. The molecule has 1 aliphatic heterocycles. The van der Waals surface area contributed by atoms with Gasteiger partial charge in [0.25, 0.3) is 10.0 Å². The van der Waals surface area contributed by atoms with Gasteiger partial charge < -0.3 is 4.74 Å². The Balaban J connectivity index is 2.32. The zero-order valence-corrected chi connectivity index (χ0v) is 15.4. The largest absolute Gasteiger partial charge is 0.449 e. The molecule has 0 unspecified atom stereocenters. The first kappa shape index (κ1) is 18.6. The van der Waals surface area contributed by atoms with Crippen molar-refractivity contribution in [3.63, 3.8) is 0 Å². The first-order chi connectivity index (χ1) is 11.4. The lowest BCUT2D eigenvalue weighted by atomic mass is 10.1. The van der Waals surface area contributed by atoms with E-state index in [1.165, 1.54) is 12.1 Å². The van der Waals surface area contributed by atoms with Crippen LogP contribution in [-0.2, 0) is 14.8 Å². The highest BCUT2D eigenvalue weighted by molar-refractivity contribution is 9.09. The highest BCUT2D eigenvalue weighted by Crippen LogP contribution is 2.29. The summed E-state index contributed by atoms with van der Waals surface area (Å²) in [7, 11) is -4.03. The van der Waals surface area contributed by atoms with Crippen molar-refractivity contribution in [1.29, 1.82) is 0 Å². The van der Waals surface area contributed by atoms with Crippen LogP contribution >= 0.6 is 15.9 Å². The van der Waals surface area contributed by atoms with Crippen LogP contribution in [0.2, 0.25) is 0 Å². The molecule has 0 aliphatic carbocycles.